The number of Topliss-reactive ketones (excluding diaryl/α,β-unsaturated/α-hetero) is 1. The van der Waals surface area contributed by atoms with E-state index in [4.69, 9.17) is 5.73 Å². The van der Waals surface area contributed by atoms with E-state index in [1.165, 1.54) is 4.90 Å². The van der Waals surface area contributed by atoms with E-state index in [2.05, 4.69) is 0 Å². The summed E-state index contributed by atoms with van der Waals surface area (Å²) < 4.78 is 0. The summed E-state index contributed by atoms with van der Waals surface area (Å²) in [5.74, 6) is -1.41. The van der Waals surface area contributed by atoms with Gasteiger partial charge in [-0.25, -0.2) is 0 Å². The predicted octanol–water partition coefficient (Wildman–Crippen LogP) is 2.46. The van der Waals surface area contributed by atoms with Crippen LogP contribution in [0.25, 0.3) is 5.76 Å². The largest absolute Gasteiger partial charge is 0.507 e. The van der Waals surface area contributed by atoms with Gasteiger partial charge in [-0.05, 0) is 18.5 Å². The topological polar surface area (TPSA) is 83.6 Å². The molecule has 1 fully saturated rings. The highest BCUT2D eigenvalue weighted by atomic mass is 16.3. The lowest BCUT2D eigenvalue weighted by molar-refractivity contribution is -0.139. The van der Waals surface area contributed by atoms with E-state index in [1.807, 2.05) is 36.4 Å². The lowest BCUT2D eigenvalue weighted by Crippen LogP contribution is -2.31. The number of carbonyl (C=O) groups excluding carboxylic acids is 2. The molecular weight excluding hydrogens is 316 g/mol. The Hall–Kier alpha value is -2.92. The molecule has 1 heterocycles. The number of hydrogen-bond donors (Lipinski definition) is 2. The van der Waals surface area contributed by atoms with Crippen molar-refractivity contribution in [3.8, 4) is 0 Å². The molecule has 0 bridgehead atoms. The van der Waals surface area contributed by atoms with Crippen molar-refractivity contribution in [1.29, 1.82) is 0 Å². The number of nitrogens with two attached hydrogens (primary N) is 1. The van der Waals surface area contributed by atoms with Gasteiger partial charge in [-0.15, -0.1) is 0 Å². The minimum absolute atomic E-state index is 0.124. The zero-order chi connectivity index (χ0) is 17.8. The highest BCUT2D eigenvalue weighted by molar-refractivity contribution is 6.46. The van der Waals surface area contributed by atoms with Crippen LogP contribution >= 0.6 is 0 Å². The minimum atomic E-state index is -0.660. The molecular formula is C20H20N2O3. The van der Waals surface area contributed by atoms with Crippen LogP contribution in [-0.2, 0) is 9.59 Å². The summed E-state index contributed by atoms with van der Waals surface area (Å²) in [7, 11) is 0. The van der Waals surface area contributed by atoms with Crippen LogP contribution in [0.5, 0.6) is 0 Å². The van der Waals surface area contributed by atoms with Gasteiger partial charge in [-0.2, -0.15) is 0 Å². The number of nitrogens with zero attached hydrogens (tertiary/aromatic N) is 1. The van der Waals surface area contributed by atoms with Gasteiger partial charge in [0.25, 0.3) is 11.7 Å². The third-order valence-corrected chi connectivity index (χ3v) is 4.31. The number of aliphatic hydroxyl groups is 1. The molecule has 0 radical (unpaired) electrons. The van der Waals surface area contributed by atoms with Crippen molar-refractivity contribution in [2.75, 3.05) is 13.1 Å². The van der Waals surface area contributed by atoms with Crippen LogP contribution in [0.2, 0.25) is 0 Å². The monoisotopic (exact) mass is 336 g/mol. The number of hydrogen-bond acceptors (Lipinski definition) is 4. The molecule has 1 saturated heterocycles. The Kier molecular flexibility index (Phi) is 4.95. The molecule has 1 aliphatic heterocycles. The lowest BCUT2D eigenvalue weighted by atomic mass is 9.95. The van der Waals surface area contributed by atoms with Gasteiger partial charge >= 0.3 is 0 Å². The number of rotatable bonds is 5. The second kappa shape index (κ2) is 7.32. The first-order valence-corrected chi connectivity index (χ1v) is 8.24. The molecule has 5 nitrogen and oxygen atoms in total. The Labute approximate surface area is 146 Å². The Morgan fingerprint density at radius 1 is 1.00 bits per heavy atom. The number of amides is 1. The summed E-state index contributed by atoms with van der Waals surface area (Å²) in [6, 6.07) is 17.5. The number of benzene rings is 2. The fraction of sp³-hybridized carbons (Fsp3) is 0.200. The van der Waals surface area contributed by atoms with Crippen molar-refractivity contribution >= 4 is 17.4 Å². The van der Waals surface area contributed by atoms with Crippen LogP contribution in [0.15, 0.2) is 66.2 Å². The van der Waals surface area contributed by atoms with E-state index in [0.717, 1.165) is 5.56 Å². The van der Waals surface area contributed by atoms with E-state index < -0.39 is 17.7 Å². The lowest BCUT2D eigenvalue weighted by Gasteiger charge is -2.25. The first kappa shape index (κ1) is 16.9. The van der Waals surface area contributed by atoms with Crippen molar-refractivity contribution < 1.29 is 14.7 Å². The molecule has 5 heteroatoms. The van der Waals surface area contributed by atoms with Crippen molar-refractivity contribution in [2.45, 2.75) is 12.5 Å². The van der Waals surface area contributed by atoms with E-state index in [0.29, 0.717) is 25.1 Å². The number of likely N-dealkylation sites (tertiary alicyclic amines) is 1. The fourth-order valence-corrected chi connectivity index (χ4v) is 3.11. The maximum atomic E-state index is 12.6. The smallest absolute Gasteiger partial charge is 0.295 e. The van der Waals surface area contributed by atoms with Gasteiger partial charge in [0.2, 0.25) is 0 Å². The van der Waals surface area contributed by atoms with Crippen molar-refractivity contribution in [1.82, 2.24) is 4.90 Å². The maximum Gasteiger partial charge on any atom is 0.295 e. The molecule has 0 aromatic heterocycles. The van der Waals surface area contributed by atoms with Crippen LogP contribution in [0.3, 0.4) is 0 Å². The molecule has 25 heavy (non-hydrogen) atoms. The molecule has 1 unspecified atom stereocenters. The zero-order valence-corrected chi connectivity index (χ0v) is 13.8. The summed E-state index contributed by atoms with van der Waals surface area (Å²) in [6.07, 6.45) is 0.585. The van der Waals surface area contributed by atoms with E-state index in [-0.39, 0.29) is 11.3 Å². The first-order valence-electron chi connectivity index (χ1n) is 8.24. The molecule has 1 amide bonds. The maximum absolute atomic E-state index is 12.6. The molecule has 128 valence electrons. The van der Waals surface area contributed by atoms with Crippen molar-refractivity contribution in [3.63, 3.8) is 0 Å². The Bertz CT molecular complexity index is 800. The van der Waals surface area contributed by atoms with E-state index in [1.54, 1.807) is 24.3 Å². The second-order valence-electron chi connectivity index (χ2n) is 5.91. The minimum Gasteiger partial charge on any atom is -0.507 e. The van der Waals surface area contributed by atoms with E-state index >= 15 is 0 Å². The second-order valence-corrected chi connectivity index (χ2v) is 5.91. The molecule has 3 rings (SSSR count). The molecule has 0 aliphatic carbocycles. The Morgan fingerprint density at radius 3 is 2.20 bits per heavy atom. The molecule has 1 aliphatic rings. The standard InChI is InChI=1S/C20H20N2O3/c21-12-7-13-22-17(14-8-3-1-4-9-14)16(19(24)20(22)25)18(23)15-10-5-2-6-11-15/h1-6,8-11,17,23H,7,12-13,21H2. The van der Waals surface area contributed by atoms with Gasteiger partial charge in [0.15, 0.2) is 0 Å². The molecule has 0 saturated carbocycles. The quantitative estimate of drug-likeness (QED) is 0.499. The van der Waals surface area contributed by atoms with Crippen LogP contribution in [0, 0.1) is 0 Å². The molecule has 2 aromatic carbocycles. The van der Waals surface area contributed by atoms with Crippen LogP contribution < -0.4 is 5.73 Å². The average molecular weight is 336 g/mol. The zero-order valence-electron chi connectivity index (χ0n) is 13.8. The van der Waals surface area contributed by atoms with Gasteiger partial charge in [-0.1, -0.05) is 60.7 Å². The number of aliphatic hydroxyl groups excluding tert-OH is 1. The van der Waals surface area contributed by atoms with Gasteiger partial charge in [-0.3, -0.25) is 9.59 Å². The molecule has 1 atom stereocenters. The Balaban J connectivity index is 2.14. The SMILES string of the molecule is NCCCN1C(=O)C(=O)C(=C(O)c2ccccc2)C1c1ccccc1. The predicted molar refractivity (Wildman–Crippen MR) is 95.6 cm³/mol. The van der Waals surface area contributed by atoms with Gasteiger partial charge < -0.3 is 15.7 Å². The molecule has 3 N–H and O–H groups in total. The van der Waals surface area contributed by atoms with Gasteiger partial charge in [0.1, 0.15) is 5.76 Å². The average Bonchev–Trinajstić information content (AvgIpc) is 2.91. The van der Waals surface area contributed by atoms with Crippen molar-refractivity contribution in [3.05, 3.63) is 77.4 Å². The third kappa shape index (κ3) is 3.19. The van der Waals surface area contributed by atoms with Crippen LogP contribution in [0.4, 0.5) is 0 Å². The molecule has 0 spiro atoms. The summed E-state index contributed by atoms with van der Waals surface area (Å²) in [5.41, 5.74) is 7.00. The molecule has 2 aromatic rings. The third-order valence-electron chi connectivity index (χ3n) is 4.31. The van der Waals surface area contributed by atoms with Crippen LogP contribution in [0.1, 0.15) is 23.6 Å². The summed E-state index contributed by atoms with van der Waals surface area (Å²) in [6.45, 7) is 0.787. The Morgan fingerprint density at radius 2 is 1.60 bits per heavy atom. The van der Waals surface area contributed by atoms with Crippen molar-refractivity contribution in [2.24, 2.45) is 5.73 Å². The summed E-state index contributed by atoms with van der Waals surface area (Å²) in [5, 5.41) is 10.7. The van der Waals surface area contributed by atoms with Crippen LogP contribution in [-0.4, -0.2) is 34.8 Å². The summed E-state index contributed by atoms with van der Waals surface area (Å²) >= 11 is 0. The summed E-state index contributed by atoms with van der Waals surface area (Å²) in [4.78, 5) is 26.7. The van der Waals surface area contributed by atoms with Gasteiger partial charge in [0.05, 0.1) is 11.6 Å². The number of carbonyl (C=O) groups is 2. The fourth-order valence-electron chi connectivity index (χ4n) is 3.11. The van der Waals surface area contributed by atoms with Gasteiger partial charge in [0, 0.05) is 12.1 Å². The van der Waals surface area contributed by atoms with E-state index in [9.17, 15) is 14.7 Å². The highest BCUT2D eigenvalue weighted by Crippen LogP contribution is 2.39. The highest BCUT2D eigenvalue weighted by Gasteiger charge is 2.45. The number of ketones is 1. The first-order chi connectivity index (χ1) is 12.1. The normalized spacial score (nSPS) is 19.4.